The Kier molecular flexibility index (Phi) is 5.46. The van der Waals surface area contributed by atoms with Crippen LogP contribution in [-0.2, 0) is 6.42 Å². The molecule has 0 fully saturated rings. The predicted molar refractivity (Wildman–Crippen MR) is 61.3 cm³/mol. The van der Waals surface area contributed by atoms with Crippen LogP contribution in [0.4, 0.5) is 0 Å². The predicted octanol–water partition coefficient (Wildman–Crippen LogP) is 3.65. The van der Waals surface area contributed by atoms with E-state index in [1.54, 1.807) is 0 Å². The Hall–Kier alpha value is -0.690. The summed E-state index contributed by atoms with van der Waals surface area (Å²) >= 11 is 5.65. The second-order valence-electron chi connectivity index (χ2n) is 3.28. The Labute approximate surface area is 91.0 Å². The maximum atomic E-state index is 5.65. The highest BCUT2D eigenvalue weighted by Gasteiger charge is 1.94. The molecule has 1 rings (SSSR count). The van der Waals surface area contributed by atoms with Crippen molar-refractivity contribution in [3.8, 4) is 5.75 Å². The van der Waals surface area contributed by atoms with Gasteiger partial charge in [-0.05, 0) is 30.5 Å². The van der Waals surface area contributed by atoms with Crippen LogP contribution in [-0.4, -0.2) is 12.5 Å². The van der Waals surface area contributed by atoms with Crippen LogP contribution in [0, 0.1) is 0 Å². The summed E-state index contributed by atoms with van der Waals surface area (Å²) in [4.78, 5) is 0. The minimum atomic E-state index is 0.677. The molecule has 0 aliphatic carbocycles. The molecule has 1 aromatic carbocycles. The van der Waals surface area contributed by atoms with Gasteiger partial charge in [0, 0.05) is 5.88 Å². The molecule has 0 aromatic heterocycles. The van der Waals surface area contributed by atoms with E-state index in [9.17, 15) is 0 Å². The number of hydrogen-bond acceptors (Lipinski definition) is 1. The molecule has 0 radical (unpaired) electrons. The van der Waals surface area contributed by atoms with Gasteiger partial charge in [-0.2, -0.15) is 0 Å². The van der Waals surface area contributed by atoms with Gasteiger partial charge < -0.3 is 4.74 Å². The average molecular weight is 213 g/mol. The van der Waals surface area contributed by atoms with Gasteiger partial charge >= 0.3 is 0 Å². The van der Waals surface area contributed by atoms with Crippen molar-refractivity contribution in [3.63, 3.8) is 0 Å². The van der Waals surface area contributed by atoms with Crippen molar-refractivity contribution in [3.05, 3.63) is 29.8 Å². The van der Waals surface area contributed by atoms with Gasteiger partial charge in [-0.3, -0.25) is 0 Å². The zero-order valence-corrected chi connectivity index (χ0v) is 9.39. The van der Waals surface area contributed by atoms with E-state index in [0.29, 0.717) is 5.88 Å². The SMILES string of the molecule is CCCCOc1ccc(CCCl)cc1. The summed E-state index contributed by atoms with van der Waals surface area (Å²) in [7, 11) is 0. The third-order valence-electron chi connectivity index (χ3n) is 2.07. The number of hydrogen-bond donors (Lipinski definition) is 0. The molecule has 0 unspecified atom stereocenters. The highest BCUT2D eigenvalue weighted by Crippen LogP contribution is 2.13. The van der Waals surface area contributed by atoms with E-state index in [-0.39, 0.29) is 0 Å². The Balaban J connectivity index is 2.38. The summed E-state index contributed by atoms with van der Waals surface area (Å²) in [5, 5.41) is 0. The van der Waals surface area contributed by atoms with Gasteiger partial charge in [0.1, 0.15) is 5.75 Å². The first-order valence-electron chi connectivity index (χ1n) is 5.14. The third kappa shape index (κ3) is 4.01. The maximum Gasteiger partial charge on any atom is 0.119 e. The number of aryl methyl sites for hydroxylation is 1. The molecular weight excluding hydrogens is 196 g/mol. The fraction of sp³-hybridized carbons (Fsp3) is 0.500. The van der Waals surface area contributed by atoms with E-state index in [1.807, 2.05) is 12.1 Å². The summed E-state index contributed by atoms with van der Waals surface area (Å²) in [5.41, 5.74) is 1.27. The van der Waals surface area contributed by atoms with Gasteiger partial charge in [0.05, 0.1) is 6.61 Å². The van der Waals surface area contributed by atoms with E-state index in [0.717, 1.165) is 25.2 Å². The molecule has 1 nitrogen and oxygen atoms in total. The van der Waals surface area contributed by atoms with E-state index in [2.05, 4.69) is 19.1 Å². The van der Waals surface area contributed by atoms with Crippen molar-refractivity contribution >= 4 is 11.6 Å². The van der Waals surface area contributed by atoms with Crippen molar-refractivity contribution in [2.24, 2.45) is 0 Å². The molecule has 0 aliphatic rings. The summed E-state index contributed by atoms with van der Waals surface area (Å²) in [6.45, 7) is 2.97. The van der Waals surface area contributed by atoms with Crippen LogP contribution in [0.25, 0.3) is 0 Å². The highest BCUT2D eigenvalue weighted by atomic mass is 35.5. The number of halogens is 1. The molecule has 0 N–H and O–H groups in total. The Morgan fingerprint density at radius 3 is 2.50 bits per heavy atom. The molecule has 0 atom stereocenters. The smallest absolute Gasteiger partial charge is 0.119 e. The first-order valence-corrected chi connectivity index (χ1v) is 5.68. The fourth-order valence-corrected chi connectivity index (χ4v) is 1.41. The second-order valence-corrected chi connectivity index (χ2v) is 3.66. The molecule has 0 amide bonds. The molecule has 0 heterocycles. The Morgan fingerprint density at radius 1 is 1.21 bits per heavy atom. The number of benzene rings is 1. The van der Waals surface area contributed by atoms with Crippen LogP contribution in [0.15, 0.2) is 24.3 Å². The quantitative estimate of drug-likeness (QED) is 0.517. The van der Waals surface area contributed by atoms with Crippen molar-refractivity contribution in [2.45, 2.75) is 26.2 Å². The van der Waals surface area contributed by atoms with Crippen LogP contribution in [0.5, 0.6) is 5.75 Å². The van der Waals surface area contributed by atoms with Gasteiger partial charge in [0.2, 0.25) is 0 Å². The lowest BCUT2D eigenvalue weighted by Crippen LogP contribution is -1.96. The normalized spacial score (nSPS) is 10.1. The number of rotatable bonds is 6. The maximum absolute atomic E-state index is 5.65. The first-order chi connectivity index (χ1) is 6.86. The zero-order valence-electron chi connectivity index (χ0n) is 8.63. The second kappa shape index (κ2) is 6.72. The molecule has 0 saturated carbocycles. The van der Waals surface area contributed by atoms with Crippen LogP contribution >= 0.6 is 11.6 Å². The highest BCUT2D eigenvalue weighted by molar-refractivity contribution is 6.17. The molecule has 78 valence electrons. The Bertz CT molecular complexity index is 243. The van der Waals surface area contributed by atoms with Gasteiger partial charge in [-0.15, -0.1) is 11.6 Å². The molecule has 2 heteroatoms. The molecule has 1 aromatic rings. The third-order valence-corrected chi connectivity index (χ3v) is 2.26. The number of unbranched alkanes of at least 4 members (excludes halogenated alkanes) is 1. The summed E-state index contributed by atoms with van der Waals surface area (Å²) in [6.07, 6.45) is 3.21. The largest absolute Gasteiger partial charge is 0.494 e. The van der Waals surface area contributed by atoms with Crippen molar-refractivity contribution in [1.82, 2.24) is 0 Å². The summed E-state index contributed by atoms with van der Waals surface area (Å²) < 4.78 is 5.55. The van der Waals surface area contributed by atoms with Gasteiger partial charge in [0.25, 0.3) is 0 Å². The molecule has 0 aliphatic heterocycles. The molecular formula is C12H17ClO. The monoisotopic (exact) mass is 212 g/mol. The van der Waals surface area contributed by atoms with Crippen molar-refractivity contribution in [2.75, 3.05) is 12.5 Å². The lowest BCUT2D eigenvalue weighted by atomic mass is 10.2. The molecule has 0 spiro atoms. The van der Waals surface area contributed by atoms with E-state index in [1.165, 1.54) is 12.0 Å². The van der Waals surface area contributed by atoms with Crippen LogP contribution in [0.1, 0.15) is 25.3 Å². The van der Waals surface area contributed by atoms with Crippen LogP contribution in [0.3, 0.4) is 0 Å². The fourth-order valence-electron chi connectivity index (χ4n) is 1.20. The summed E-state index contributed by atoms with van der Waals surface area (Å²) in [5.74, 6) is 1.63. The lowest BCUT2D eigenvalue weighted by molar-refractivity contribution is 0.309. The van der Waals surface area contributed by atoms with Crippen LogP contribution < -0.4 is 4.74 Å². The molecule has 0 bridgehead atoms. The van der Waals surface area contributed by atoms with Gasteiger partial charge in [-0.25, -0.2) is 0 Å². The van der Waals surface area contributed by atoms with E-state index < -0.39 is 0 Å². The van der Waals surface area contributed by atoms with Crippen molar-refractivity contribution in [1.29, 1.82) is 0 Å². The minimum absolute atomic E-state index is 0.677. The number of alkyl halides is 1. The standard InChI is InChI=1S/C12H17ClO/c1-2-3-10-14-12-6-4-11(5-7-12)8-9-13/h4-7H,2-3,8-10H2,1H3. The van der Waals surface area contributed by atoms with E-state index in [4.69, 9.17) is 16.3 Å². The Morgan fingerprint density at radius 2 is 1.93 bits per heavy atom. The molecule has 0 saturated heterocycles. The topological polar surface area (TPSA) is 9.23 Å². The van der Waals surface area contributed by atoms with Crippen molar-refractivity contribution < 1.29 is 4.74 Å². The summed E-state index contributed by atoms with van der Waals surface area (Å²) in [6, 6.07) is 8.17. The first kappa shape index (κ1) is 11.4. The lowest BCUT2D eigenvalue weighted by Gasteiger charge is -2.05. The molecule has 14 heavy (non-hydrogen) atoms. The van der Waals surface area contributed by atoms with E-state index >= 15 is 0 Å². The number of ether oxygens (including phenoxy) is 1. The van der Waals surface area contributed by atoms with Gasteiger partial charge in [0.15, 0.2) is 0 Å². The average Bonchev–Trinajstić information content (AvgIpc) is 2.21. The minimum Gasteiger partial charge on any atom is -0.494 e. The van der Waals surface area contributed by atoms with Gasteiger partial charge in [-0.1, -0.05) is 25.5 Å². The van der Waals surface area contributed by atoms with Crippen LogP contribution in [0.2, 0.25) is 0 Å². The zero-order chi connectivity index (χ0) is 10.2.